The number of carbonyl (C=O) groups excluding carboxylic acids is 1. The summed E-state index contributed by atoms with van der Waals surface area (Å²) in [6.45, 7) is 1.63. The van der Waals surface area contributed by atoms with Gasteiger partial charge in [-0.3, -0.25) is 9.36 Å². The third kappa shape index (κ3) is 2.45. The number of benzene rings is 1. The molecule has 6 heteroatoms. The molecule has 3 rings (SSSR count). The Kier molecular flexibility index (Phi) is 4.19. The maximum Gasteiger partial charge on any atom is 0.266 e. The smallest absolute Gasteiger partial charge is 0.266 e. The first-order valence-electron chi connectivity index (χ1n) is 6.61. The summed E-state index contributed by atoms with van der Waals surface area (Å²) in [5, 5.41) is 3.32. The molecule has 1 aromatic carbocycles. The van der Waals surface area contributed by atoms with Crippen molar-refractivity contribution in [3.63, 3.8) is 0 Å². The van der Waals surface area contributed by atoms with E-state index >= 15 is 0 Å². The molecular weight excluding hydrogens is 400 g/mol. The number of ether oxygens (including phenoxy) is 1. The molecule has 2 heterocycles. The van der Waals surface area contributed by atoms with Crippen molar-refractivity contribution in [2.75, 3.05) is 13.7 Å². The Hall–Kier alpha value is -1.11. The lowest BCUT2D eigenvalue weighted by Crippen LogP contribution is -2.26. The van der Waals surface area contributed by atoms with Gasteiger partial charge in [0, 0.05) is 30.8 Å². The van der Waals surface area contributed by atoms with Gasteiger partial charge in [0.1, 0.15) is 10.4 Å². The number of hydrogen-bond donors (Lipinski definition) is 1. The minimum Gasteiger partial charge on any atom is -0.496 e. The molecule has 110 valence electrons. The molecule has 0 bridgehead atoms. The summed E-state index contributed by atoms with van der Waals surface area (Å²) in [5.41, 5.74) is 2.74. The number of nitrogens with one attached hydrogen (secondary N) is 1. The van der Waals surface area contributed by atoms with Gasteiger partial charge in [0.25, 0.3) is 5.91 Å². The molecule has 0 spiro atoms. The van der Waals surface area contributed by atoms with Crippen LogP contribution in [0.1, 0.15) is 21.6 Å². The van der Waals surface area contributed by atoms with E-state index in [1.807, 2.05) is 12.1 Å². The summed E-state index contributed by atoms with van der Waals surface area (Å²) >= 11 is 7.10. The summed E-state index contributed by atoms with van der Waals surface area (Å²) in [4.78, 5) is 12.9. The molecule has 0 saturated carbocycles. The van der Waals surface area contributed by atoms with Crippen LogP contribution in [-0.2, 0) is 13.0 Å². The molecule has 0 fully saturated rings. The van der Waals surface area contributed by atoms with E-state index in [1.54, 1.807) is 23.8 Å². The molecule has 1 aliphatic heterocycles. The van der Waals surface area contributed by atoms with Gasteiger partial charge in [0.05, 0.1) is 17.1 Å². The van der Waals surface area contributed by atoms with Crippen molar-refractivity contribution in [1.29, 1.82) is 0 Å². The number of para-hydroxylation sites is 1. The number of nitrogens with zero attached hydrogens (tertiary/aromatic N) is 1. The van der Waals surface area contributed by atoms with Gasteiger partial charge in [-0.1, -0.05) is 12.1 Å². The lowest BCUT2D eigenvalue weighted by Gasteiger charge is -2.17. The van der Waals surface area contributed by atoms with Crippen LogP contribution in [0.4, 0.5) is 0 Å². The lowest BCUT2D eigenvalue weighted by atomic mass is 10.1. The van der Waals surface area contributed by atoms with E-state index in [-0.39, 0.29) is 5.91 Å². The molecule has 0 aliphatic carbocycles. The van der Waals surface area contributed by atoms with E-state index in [0.717, 1.165) is 39.8 Å². The lowest BCUT2D eigenvalue weighted by molar-refractivity contribution is 0.0951. The maximum absolute atomic E-state index is 12.9. The van der Waals surface area contributed by atoms with E-state index in [2.05, 4.69) is 37.2 Å². The topological polar surface area (TPSA) is 43.3 Å². The summed E-state index contributed by atoms with van der Waals surface area (Å²) in [6, 6.07) is 7.29. The molecule has 1 N–H and O–H groups in total. The molecule has 2 aromatic rings. The molecule has 0 atom stereocenters. The van der Waals surface area contributed by atoms with Gasteiger partial charge in [0.15, 0.2) is 0 Å². The van der Waals surface area contributed by atoms with Gasteiger partial charge in [-0.05, 0) is 44.0 Å². The highest BCUT2D eigenvalue weighted by atomic mass is 79.9. The molecule has 21 heavy (non-hydrogen) atoms. The number of fused-ring (bicyclic) bond motifs is 1. The predicted octanol–water partition coefficient (Wildman–Crippen LogP) is 3.36. The van der Waals surface area contributed by atoms with Crippen LogP contribution in [0.25, 0.3) is 0 Å². The van der Waals surface area contributed by atoms with Gasteiger partial charge in [0.2, 0.25) is 0 Å². The van der Waals surface area contributed by atoms with Crippen LogP contribution in [0.3, 0.4) is 0 Å². The number of halogens is 2. The van der Waals surface area contributed by atoms with Crippen molar-refractivity contribution in [1.82, 2.24) is 9.88 Å². The Morgan fingerprint density at radius 2 is 2.10 bits per heavy atom. The highest BCUT2D eigenvalue weighted by Gasteiger charge is 2.27. The summed E-state index contributed by atoms with van der Waals surface area (Å²) < 4.78 is 8.73. The summed E-state index contributed by atoms with van der Waals surface area (Å²) in [5.74, 6) is 0.505. The fourth-order valence-corrected chi connectivity index (χ4v) is 3.78. The van der Waals surface area contributed by atoms with Gasteiger partial charge in [-0.2, -0.15) is 0 Å². The second kappa shape index (κ2) is 5.94. The Balaban J connectivity index is 2.14. The Labute approximate surface area is 139 Å². The molecular formula is C15H14Br2N2O2. The monoisotopic (exact) mass is 412 g/mol. The quantitative estimate of drug-likeness (QED) is 0.820. The third-order valence-electron chi connectivity index (χ3n) is 3.64. The largest absolute Gasteiger partial charge is 0.496 e. The SMILES string of the molecule is COc1ccccc1C(=O)n1c(Br)c(Br)c2c1CCNC2. The molecule has 0 unspecified atom stereocenters. The first kappa shape index (κ1) is 14.8. The Bertz CT molecular complexity index is 710. The van der Waals surface area contributed by atoms with E-state index in [4.69, 9.17) is 4.74 Å². The third-order valence-corrected chi connectivity index (χ3v) is 5.78. The number of methoxy groups -OCH3 is 1. The minimum absolute atomic E-state index is 0.0804. The van der Waals surface area contributed by atoms with Crippen molar-refractivity contribution < 1.29 is 9.53 Å². The number of carbonyl (C=O) groups is 1. The molecule has 0 radical (unpaired) electrons. The van der Waals surface area contributed by atoms with Gasteiger partial charge in [-0.25, -0.2) is 0 Å². The van der Waals surface area contributed by atoms with Crippen molar-refractivity contribution >= 4 is 37.8 Å². The zero-order valence-electron chi connectivity index (χ0n) is 11.5. The first-order valence-corrected chi connectivity index (χ1v) is 8.19. The second-order valence-corrected chi connectivity index (χ2v) is 6.34. The Morgan fingerprint density at radius 3 is 2.86 bits per heavy atom. The normalized spacial score (nSPS) is 13.9. The van der Waals surface area contributed by atoms with Crippen molar-refractivity contribution in [3.8, 4) is 5.75 Å². The highest BCUT2D eigenvalue weighted by molar-refractivity contribution is 9.13. The van der Waals surface area contributed by atoms with Crippen LogP contribution in [0.2, 0.25) is 0 Å². The zero-order chi connectivity index (χ0) is 15.0. The molecule has 0 amide bonds. The fraction of sp³-hybridized carbons (Fsp3) is 0.267. The van der Waals surface area contributed by atoms with E-state index < -0.39 is 0 Å². The summed E-state index contributed by atoms with van der Waals surface area (Å²) in [6.07, 6.45) is 0.820. The van der Waals surface area contributed by atoms with Gasteiger partial charge >= 0.3 is 0 Å². The number of hydrogen-bond acceptors (Lipinski definition) is 3. The highest BCUT2D eigenvalue weighted by Crippen LogP contribution is 2.35. The first-order chi connectivity index (χ1) is 10.1. The average Bonchev–Trinajstić information content (AvgIpc) is 2.78. The number of rotatable bonds is 2. The standard InChI is InChI=1S/C15H14Br2N2O2/c1-21-12-5-3-2-4-9(12)15(20)19-11-6-7-18-8-10(11)13(16)14(19)17/h2-5,18H,6-8H2,1H3. The van der Waals surface area contributed by atoms with Gasteiger partial charge < -0.3 is 10.1 Å². The van der Waals surface area contributed by atoms with Crippen LogP contribution in [0.5, 0.6) is 5.75 Å². The second-order valence-electron chi connectivity index (χ2n) is 4.80. The van der Waals surface area contributed by atoms with Crippen molar-refractivity contribution in [2.45, 2.75) is 13.0 Å². The maximum atomic E-state index is 12.9. The molecule has 1 aliphatic rings. The van der Waals surface area contributed by atoms with Crippen LogP contribution in [0, 0.1) is 0 Å². The van der Waals surface area contributed by atoms with E-state index in [1.165, 1.54) is 0 Å². The van der Waals surface area contributed by atoms with Crippen molar-refractivity contribution in [3.05, 3.63) is 50.2 Å². The predicted molar refractivity (Wildman–Crippen MR) is 88.0 cm³/mol. The number of aromatic nitrogens is 1. The fourth-order valence-electron chi connectivity index (χ4n) is 2.62. The average molecular weight is 414 g/mol. The minimum atomic E-state index is -0.0804. The van der Waals surface area contributed by atoms with E-state index in [0.29, 0.717) is 11.3 Å². The van der Waals surface area contributed by atoms with Gasteiger partial charge in [-0.15, -0.1) is 0 Å². The zero-order valence-corrected chi connectivity index (χ0v) is 14.6. The molecule has 0 saturated heterocycles. The molecule has 1 aromatic heterocycles. The Morgan fingerprint density at radius 1 is 1.33 bits per heavy atom. The van der Waals surface area contributed by atoms with Crippen LogP contribution in [-0.4, -0.2) is 24.1 Å². The molecule has 4 nitrogen and oxygen atoms in total. The van der Waals surface area contributed by atoms with Crippen LogP contribution in [0.15, 0.2) is 33.3 Å². The summed E-state index contributed by atoms with van der Waals surface area (Å²) in [7, 11) is 1.58. The van der Waals surface area contributed by atoms with Crippen LogP contribution >= 0.6 is 31.9 Å². The van der Waals surface area contributed by atoms with Crippen molar-refractivity contribution in [2.24, 2.45) is 0 Å². The van der Waals surface area contributed by atoms with Crippen LogP contribution < -0.4 is 10.1 Å². The van der Waals surface area contributed by atoms with E-state index in [9.17, 15) is 4.79 Å².